The van der Waals surface area contributed by atoms with Crippen molar-refractivity contribution in [2.75, 3.05) is 32.3 Å². The maximum Gasteiger partial charge on any atom is 0.416 e. The molecule has 6 nitrogen and oxygen atoms in total. The number of thioether (sulfide) groups is 1. The molecule has 214 valence electrons. The number of alkyl halides is 3. The molecule has 0 aromatic heterocycles. The van der Waals surface area contributed by atoms with E-state index in [1.54, 1.807) is 39.0 Å². The monoisotopic (exact) mass is 575 g/mol. The summed E-state index contributed by atoms with van der Waals surface area (Å²) in [5, 5.41) is 3.26. The van der Waals surface area contributed by atoms with Gasteiger partial charge in [0.1, 0.15) is 6.61 Å². The fourth-order valence-corrected chi connectivity index (χ4v) is 5.76. The third-order valence-electron chi connectivity index (χ3n) is 7.16. The molecule has 0 saturated heterocycles. The van der Waals surface area contributed by atoms with Crippen molar-refractivity contribution in [2.45, 2.75) is 44.7 Å². The number of halogens is 3. The molecule has 0 amide bonds. The minimum Gasteiger partial charge on any atom is -0.493 e. The van der Waals surface area contributed by atoms with Crippen LogP contribution in [-0.2, 0) is 20.5 Å². The zero-order valence-electron chi connectivity index (χ0n) is 22.8. The van der Waals surface area contributed by atoms with Crippen molar-refractivity contribution in [3.05, 3.63) is 81.7 Å². The van der Waals surface area contributed by atoms with Gasteiger partial charge in [-0.1, -0.05) is 25.1 Å². The van der Waals surface area contributed by atoms with E-state index in [0.29, 0.717) is 46.2 Å². The van der Waals surface area contributed by atoms with Crippen LogP contribution in [-0.4, -0.2) is 44.1 Å². The molecule has 0 bridgehead atoms. The summed E-state index contributed by atoms with van der Waals surface area (Å²) in [6.45, 7) is 3.92. The molecular formula is C30H32F3NO5S. The Hall–Kier alpha value is -3.40. The third kappa shape index (κ3) is 6.16. The summed E-state index contributed by atoms with van der Waals surface area (Å²) in [6, 6.07) is 10.2. The number of esters is 1. The van der Waals surface area contributed by atoms with Crippen LogP contribution in [0.4, 0.5) is 13.2 Å². The van der Waals surface area contributed by atoms with Crippen LogP contribution in [0, 0.1) is 0 Å². The standard InChI is InChI=1S/C30H32F3NO5S/c1-5-40-13-12-39-29(36)26-17(2)34-22-14-20(19-8-11-24(37-3)25(16-19)38-4)15-23(35)28(22)27(26)18-6-9-21(10-7-18)30(31,32)33/h6-11,16,20,27,34H,5,12-15H2,1-4H3. The van der Waals surface area contributed by atoms with Gasteiger partial charge in [-0.25, -0.2) is 4.79 Å². The fraction of sp³-hybridized carbons (Fsp3) is 0.400. The first-order chi connectivity index (χ1) is 19.1. The lowest BCUT2D eigenvalue weighted by molar-refractivity contribution is -0.139. The molecule has 2 aromatic carbocycles. The number of hydrogen-bond donors (Lipinski definition) is 1. The van der Waals surface area contributed by atoms with E-state index in [1.165, 1.54) is 12.1 Å². The molecule has 4 rings (SSSR count). The van der Waals surface area contributed by atoms with Crippen LogP contribution in [0.2, 0.25) is 0 Å². The molecule has 2 atom stereocenters. The number of ketones is 1. The number of dihydropyridines is 1. The zero-order chi connectivity index (χ0) is 29.0. The molecule has 1 aliphatic heterocycles. The normalized spacial score (nSPS) is 19.2. The molecule has 0 spiro atoms. The minimum atomic E-state index is -4.51. The van der Waals surface area contributed by atoms with Crippen molar-refractivity contribution in [2.24, 2.45) is 0 Å². The highest BCUT2D eigenvalue weighted by Crippen LogP contribution is 2.47. The quantitative estimate of drug-likeness (QED) is 0.275. The Morgan fingerprint density at radius 3 is 2.33 bits per heavy atom. The predicted octanol–water partition coefficient (Wildman–Crippen LogP) is 6.38. The van der Waals surface area contributed by atoms with Crippen molar-refractivity contribution in [1.82, 2.24) is 5.32 Å². The molecular weight excluding hydrogens is 543 g/mol. The summed E-state index contributed by atoms with van der Waals surface area (Å²) in [7, 11) is 3.09. The fourth-order valence-electron chi connectivity index (χ4n) is 5.27. The van der Waals surface area contributed by atoms with Gasteiger partial charge in [0.2, 0.25) is 0 Å². The maximum atomic E-state index is 13.8. The van der Waals surface area contributed by atoms with E-state index in [9.17, 15) is 22.8 Å². The van der Waals surface area contributed by atoms with E-state index in [-0.39, 0.29) is 30.3 Å². The van der Waals surface area contributed by atoms with Crippen LogP contribution in [0.15, 0.2) is 65.0 Å². The van der Waals surface area contributed by atoms with Crippen LogP contribution in [0.25, 0.3) is 0 Å². The number of hydrogen-bond acceptors (Lipinski definition) is 7. The first kappa shape index (κ1) is 29.6. The lowest BCUT2D eigenvalue weighted by Gasteiger charge is -2.37. The van der Waals surface area contributed by atoms with E-state index in [4.69, 9.17) is 14.2 Å². The Morgan fingerprint density at radius 1 is 1.02 bits per heavy atom. The second-order valence-corrected chi connectivity index (χ2v) is 11.0. The van der Waals surface area contributed by atoms with Gasteiger partial charge in [0.25, 0.3) is 0 Å². The van der Waals surface area contributed by atoms with Gasteiger partial charge in [-0.3, -0.25) is 4.79 Å². The Labute approximate surface area is 235 Å². The third-order valence-corrected chi connectivity index (χ3v) is 8.03. The molecule has 2 unspecified atom stereocenters. The summed E-state index contributed by atoms with van der Waals surface area (Å²) < 4.78 is 56.2. The van der Waals surface area contributed by atoms with Crippen molar-refractivity contribution >= 4 is 23.5 Å². The number of allylic oxidation sites excluding steroid dienone is 3. The van der Waals surface area contributed by atoms with Gasteiger partial charge in [-0.05, 0) is 60.4 Å². The van der Waals surface area contributed by atoms with Crippen LogP contribution >= 0.6 is 11.8 Å². The molecule has 2 aromatic rings. The Kier molecular flexibility index (Phi) is 9.18. The van der Waals surface area contributed by atoms with Crippen LogP contribution in [0.3, 0.4) is 0 Å². The van der Waals surface area contributed by atoms with Crippen molar-refractivity contribution in [3.8, 4) is 11.5 Å². The number of Topliss-reactive ketones (excluding diaryl/α,β-unsaturated/α-hetero) is 1. The van der Waals surface area contributed by atoms with E-state index in [1.807, 2.05) is 19.1 Å². The predicted molar refractivity (Wildman–Crippen MR) is 148 cm³/mol. The smallest absolute Gasteiger partial charge is 0.416 e. The number of carbonyl (C=O) groups is 2. The zero-order valence-corrected chi connectivity index (χ0v) is 23.6. The Morgan fingerprint density at radius 2 is 1.70 bits per heavy atom. The highest BCUT2D eigenvalue weighted by atomic mass is 32.2. The van der Waals surface area contributed by atoms with Crippen molar-refractivity contribution < 1.29 is 37.0 Å². The first-order valence-electron chi connectivity index (χ1n) is 13.0. The summed E-state index contributed by atoms with van der Waals surface area (Å²) in [4.78, 5) is 27.1. The van der Waals surface area contributed by atoms with E-state index in [0.717, 1.165) is 23.4 Å². The van der Waals surface area contributed by atoms with Gasteiger partial charge in [0, 0.05) is 35.1 Å². The lowest BCUT2D eigenvalue weighted by Crippen LogP contribution is -2.36. The van der Waals surface area contributed by atoms with E-state index < -0.39 is 23.6 Å². The highest BCUT2D eigenvalue weighted by molar-refractivity contribution is 7.99. The van der Waals surface area contributed by atoms with Gasteiger partial charge in [-0.2, -0.15) is 24.9 Å². The maximum absolute atomic E-state index is 13.8. The number of rotatable bonds is 9. The molecule has 10 heteroatoms. The highest BCUT2D eigenvalue weighted by Gasteiger charge is 2.42. The summed E-state index contributed by atoms with van der Waals surface area (Å²) >= 11 is 1.62. The van der Waals surface area contributed by atoms with Gasteiger partial charge in [0.15, 0.2) is 17.3 Å². The Bertz CT molecular complexity index is 1330. The van der Waals surface area contributed by atoms with Gasteiger partial charge in [0.05, 0.1) is 25.4 Å². The topological polar surface area (TPSA) is 73.9 Å². The summed E-state index contributed by atoms with van der Waals surface area (Å²) in [5.41, 5.74) is 2.30. The van der Waals surface area contributed by atoms with Crippen LogP contribution in [0.1, 0.15) is 55.2 Å². The second kappa shape index (κ2) is 12.4. The van der Waals surface area contributed by atoms with Gasteiger partial charge >= 0.3 is 12.1 Å². The van der Waals surface area contributed by atoms with Crippen LogP contribution in [0.5, 0.6) is 11.5 Å². The average Bonchev–Trinajstić information content (AvgIpc) is 2.93. The molecule has 0 saturated carbocycles. The molecule has 2 aliphatic rings. The summed E-state index contributed by atoms with van der Waals surface area (Å²) in [6.07, 6.45) is -3.86. The number of benzene rings is 2. The molecule has 1 N–H and O–H groups in total. The SMILES string of the molecule is CCSCCOC(=O)C1=C(C)NC2=C(C(=O)CC(c3ccc(OC)c(OC)c3)C2)C1c1ccc(C(F)(F)F)cc1. The number of carbonyl (C=O) groups excluding carboxylic acids is 2. The molecule has 1 heterocycles. The van der Waals surface area contributed by atoms with E-state index in [2.05, 4.69) is 5.32 Å². The molecule has 1 aliphatic carbocycles. The first-order valence-corrected chi connectivity index (χ1v) is 14.1. The molecule has 40 heavy (non-hydrogen) atoms. The minimum absolute atomic E-state index is 0.167. The second-order valence-electron chi connectivity index (χ2n) is 9.58. The van der Waals surface area contributed by atoms with Crippen molar-refractivity contribution in [3.63, 3.8) is 0 Å². The van der Waals surface area contributed by atoms with Crippen molar-refractivity contribution in [1.29, 1.82) is 0 Å². The largest absolute Gasteiger partial charge is 0.493 e. The lowest BCUT2D eigenvalue weighted by atomic mass is 9.71. The Balaban J connectivity index is 1.73. The van der Waals surface area contributed by atoms with Crippen LogP contribution < -0.4 is 14.8 Å². The molecule has 0 radical (unpaired) electrons. The van der Waals surface area contributed by atoms with Gasteiger partial charge < -0.3 is 19.5 Å². The number of ether oxygens (including phenoxy) is 3. The number of methoxy groups -OCH3 is 2. The average molecular weight is 576 g/mol. The van der Waals surface area contributed by atoms with Gasteiger partial charge in [-0.15, -0.1) is 0 Å². The van der Waals surface area contributed by atoms with E-state index >= 15 is 0 Å². The summed E-state index contributed by atoms with van der Waals surface area (Å²) in [5.74, 6) is 0.835. The molecule has 0 fully saturated rings. The number of nitrogens with one attached hydrogen (secondary N) is 1.